The van der Waals surface area contributed by atoms with E-state index < -0.39 is 12.6 Å². The number of morpholine rings is 1. The van der Waals surface area contributed by atoms with Crippen molar-refractivity contribution >= 4 is 6.09 Å². The molecule has 8 heteroatoms. The summed E-state index contributed by atoms with van der Waals surface area (Å²) in [5.74, 6) is 0. The van der Waals surface area contributed by atoms with Crippen LogP contribution in [0, 0.1) is 0 Å². The van der Waals surface area contributed by atoms with E-state index >= 15 is 0 Å². The molecule has 1 aliphatic heterocycles. The molecule has 1 aromatic rings. The molecule has 1 N–H and O–H groups in total. The minimum absolute atomic E-state index is 0.0450. The standard InChI is InChI=1S/C19H27F3N2O3/c1-15(6-5-9-19(20,21)22)23-12-17-13-24(10-11-26-17)18(25)27-14-16-7-3-2-4-8-16/h2-4,7-8,15,17,23H,5-6,9-14H2,1H3. The molecule has 0 radical (unpaired) electrons. The summed E-state index contributed by atoms with van der Waals surface area (Å²) < 4.78 is 47.5. The second-order valence-corrected chi connectivity index (χ2v) is 6.80. The molecule has 2 rings (SSSR count). The van der Waals surface area contributed by atoms with E-state index in [0.717, 1.165) is 5.56 Å². The maximum absolute atomic E-state index is 12.2. The zero-order chi connectivity index (χ0) is 19.7. The number of rotatable bonds is 8. The largest absolute Gasteiger partial charge is 0.445 e. The van der Waals surface area contributed by atoms with Gasteiger partial charge in [-0.05, 0) is 25.3 Å². The lowest BCUT2D eigenvalue weighted by Crippen LogP contribution is -2.50. The number of alkyl halides is 3. The first-order chi connectivity index (χ1) is 12.8. The van der Waals surface area contributed by atoms with E-state index in [1.807, 2.05) is 37.3 Å². The van der Waals surface area contributed by atoms with Crippen LogP contribution in [0.25, 0.3) is 0 Å². The van der Waals surface area contributed by atoms with Gasteiger partial charge in [0, 0.05) is 25.6 Å². The molecule has 0 aromatic heterocycles. The Morgan fingerprint density at radius 3 is 2.81 bits per heavy atom. The number of carbonyl (C=O) groups excluding carboxylic acids is 1. The fourth-order valence-electron chi connectivity index (χ4n) is 2.86. The quantitative estimate of drug-likeness (QED) is 0.737. The summed E-state index contributed by atoms with van der Waals surface area (Å²) in [6.07, 6.45) is -4.92. The van der Waals surface area contributed by atoms with E-state index in [0.29, 0.717) is 32.7 Å². The first-order valence-corrected chi connectivity index (χ1v) is 9.21. The maximum Gasteiger partial charge on any atom is 0.410 e. The Morgan fingerprint density at radius 2 is 2.11 bits per heavy atom. The molecule has 1 fully saturated rings. The summed E-state index contributed by atoms with van der Waals surface area (Å²) in [4.78, 5) is 13.8. The fraction of sp³-hybridized carbons (Fsp3) is 0.632. The third kappa shape index (κ3) is 8.62. The number of carbonyl (C=O) groups is 1. The minimum atomic E-state index is -4.10. The van der Waals surface area contributed by atoms with Crippen molar-refractivity contribution in [3.63, 3.8) is 0 Å². The van der Waals surface area contributed by atoms with Gasteiger partial charge in [0.1, 0.15) is 6.61 Å². The van der Waals surface area contributed by atoms with E-state index in [9.17, 15) is 18.0 Å². The predicted octanol–water partition coefficient (Wildman–Crippen LogP) is 3.73. The Hall–Kier alpha value is -1.80. The highest BCUT2D eigenvalue weighted by molar-refractivity contribution is 5.67. The van der Waals surface area contributed by atoms with Crippen LogP contribution in [0.1, 0.15) is 31.7 Å². The zero-order valence-electron chi connectivity index (χ0n) is 15.5. The first-order valence-electron chi connectivity index (χ1n) is 9.21. The number of hydrogen-bond donors (Lipinski definition) is 1. The second kappa shape index (κ2) is 10.5. The lowest BCUT2D eigenvalue weighted by atomic mass is 10.1. The van der Waals surface area contributed by atoms with Crippen molar-refractivity contribution in [1.82, 2.24) is 10.2 Å². The highest BCUT2D eigenvalue weighted by Gasteiger charge is 2.27. The maximum atomic E-state index is 12.2. The molecule has 2 atom stereocenters. The molecule has 0 saturated carbocycles. The molecule has 1 heterocycles. The van der Waals surface area contributed by atoms with Gasteiger partial charge in [-0.15, -0.1) is 0 Å². The third-order valence-electron chi connectivity index (χ3n) is 4.39. The Labute approximate surface area is 157 Å². The topological polar surface area (TPSA) is 50.8 Å². The van der Waals surface area contributed by atoms with Gasteiger partial charge in [-0.1, -0.05) is 30.3 Å². The average Bonchev–Trinajstić information content (AvgIpc) is 2.64. The highest BCUT2D eigenvalue weighted by Crippen LogP contribution is 2.22. The molecule has 1 aromatic carbocycles. The summed E-state index contributed by atoms with van der Waals surface area (Å²) in [6.45, 7) is 3.83. The number of halogens is 3. The highest BCUT2D eigenvalue weighted by atomic mass is 19.4. The normalized spacial score (nSPS) is 19.0. The Bertz CT molecular complexity index is 569. The molecule has 1 amide bonds. The van der Waals surface area contributed by atoms with Crippen molar-refractivity contribution in [3.8, 4) is 0 Å². The van der Waals surface area contributed by atoms with Crippen LogP contribution in [0.3, 0.4) is 0 Å². The van der Waals surface area contributed by atoms with Crippen LogP contribution in [0.2, 0.25) is 0 Å². The Balaban J connectivity index is 1.66. The van der Waals surface area contributed by atoms with Gasteiger partial charge in [0.05, 0.1) is 19.3 Å². The average molecular weight is 388 g/mol. The minimum Gasteiger partial charge on any atom is -0.445 e. The van der Waals surface area contributed by atoms with Crippen LogP contribution in [0.5, 0.6) is 0 Å². The summed E-state index contributed by atoms with van der Waals surface area (Å²) in [5.41, 5.74) is 0.921. The summed E-state index contributed by atoms with van der Waals surface area (Å²) in [5, 5.41) is 3.18. The number of nitrogens with zero attached hydrogens (tertiary/aromatic N) is 1. The van der Waals surface area contributed by atoms with Crippen LogP contribution >= 0.6 is 0 Å². The van der Waals surface area contributed by atoms with Crippen molar-refractivity contribution < 1.29 is 27.4 Å². The number of benzene rings is 1. The molecule has 1 saturated heterocycles. The molecule has 1 aliphatic rings. The smallest absolute Gasteiger partial charge is 0.410 e. The van der Waals surface area contributed by atoms with Crippen LogP contribution in [-0.2, 0) is 16.1 Å². The van der Waals surface area contributed by atoms with Gasteiger partial charge in [0.25, 0.3) is 0 Å². The van der Waals surface area contributed by atoms with Crippen LogP contribution in [-0.4, -0.2) is 55.6 Å². The van der Waals surface area contributed by atoms with E-state index in [2.05, 4.69) is 5.32 Å². The van der Waals surface area contributed by atoms with Crippen LogP contribution in [0.4, 0.5) is 18.0 Å². The number of ether oxygens (including phenoxy) is 2. The Kier molecular flexibility index (Phi) is 8.37. The summed E-state index contributed by atoms with van der Waals surface area (Å²) >= 11 is 0. The molecule has 2 unspecified atom stereocenters. The van der Waals surface area contributed by atoms with Crippen molar-refractivity contribution in [2.75, 3.05) is 26.2 Å². The molecular weight excluding hydrogens is 361 g/mol. The van der Waals surface area contributed by atoms with Gasteiger partial charge in [0.2, 0.25) is 0 Å². The van der Waals surface area contributed by atoms with Gasteiger partial charge < -0.3 is 19.7 Å². The molecular formula is C19H27F3N2O3. The number of hydrogen-bond acceptors (Lipinski definition) is 4. The molecule has 5 nitrogen and oxygen atoms in total. The van der Waals surface area contributed by atoms with Gasteiger partial charge in [-0.25, -0.2) is 4.79 Å². The van der Waals surface area contributed by atoms with Crippen molar-refractivity contribution in [3.05, 3.63) is 35.9 Å². The predicted molar refractivity (Wildman–Crippen MR) is 95.3 cm³/mol. The van der Waals surface area contributed by atoms with E-state index in [1.54, 1.807) is 4.90 Å². The second-order valence-electron chi connectivity index (χ2n) is 6.80. The molecule has 0 aliphatic carbocycles. The number of nitrogens with one attached hydrogen (secondary N) is 1. The van der Waals surface area contributed by atoms with Crippen molar-refractivity contribution in [1.29, 1.82) is 0 Å². The Morgan fingerprint density at radius 1 is 1.37 bits per heavy atom. The SMILES string of the molecule is CC(CCCC(F)(F)F)NCC1CN(C(=O)OCc2ccccc2)CCO1. The van der Waals surface area contributed by atoms with E-state index in [-0.39, 0.29) is 31.3 Å². The molecule has 152 valence electrons. The molecule has 27 heavy (non-hydrogen) atoms. The van der Waals surface area contributed by atoms with Crippen molar-refractivity contribution in [2.24, 2.45) is 0 Å². The molecule has 0 bridgehead atoms. The third-order valence-corrected chi connectivity index (χ3v) is 4.39. The van der Waals surface area contributed by atoms with E-state index in [1.165, 1.54) is 0 Å². The number of amides is 1. The lowest BCUT2D eigenvalue weighted by Gasteiger charge is -2.33. The van der Waals surface area contributed by atoms with Crippen molar-refractivity contribution in [2.45, 2.75) is 51.1 Å². The van der Waals surface area contributed by atoms with Gasteiger partial charge in [-0.2, -0.15) is 13.2 Å². The fourth-order valence-corrected chi connectivity index (χ4v) is 2.86. The van der Waals surface area contributed by atoms with Gasteiger partial charge in [0.15, 0.2) is 0 Å². The van der Waals surface area contributed by atoms with E-state index in [4.69, 9.17) is 9.47 Å². The summed E-state index contributed by atoms with van der Waals surface area (Å²) in [6, 6.07) is 9.40. The van der Waals surface area contributed by atoms with Gasteiger partial charge in [-0.3, -0.25) is 0 Å². The van der Waals surface area contributed by atoms with Crippen LogP contribution in [0.15, 0.2) is 30.3 Å². The first kappa shape index (κ1) is 21.5. The van der Waals surface area contributed by atoms with Crippen LogP contribution < -0.4 is 5.32 Å². The molecule has 0 spiro atoms. The zero-order valence-corrected chi connectivity index (χ0v) is 15.5. The lowest BCUT2D eigenvalue weighted by molar-refractivity contribution is -0.135. The van der Waals surface area contributed by atoms with Gasteiger partial charge >= 0.3 is 12.3 Å². The summed E-state index contributed by atoms with van der Waals surface area (Å²) in [7, 11) is 0. The monoisotopic (exact) mass is 388 g/mol.